The molecule has 0 spiro atoms. The summed E-state index contributed by atoms with van der Waals surface area (Å²) in [6.07, 6.45) is 1.59. The van der Waals surface area contributed by atoms with Crippen molar-refractivity contribution in [2.24, 2.45) is 12.1 Å². The van der Waals surface area contributed by atoms with E-state index in [1.807, 2.05) is 42.8 Å². The number of phenols is 1. The normalized spacial score (nSPS) is 11.5. The van der Waals surface area contributed by atoms with Gasteiger partial charge in [-0.3, -0.25) is 0 Å². The van der Waals surface area contributed by atoms with Crippen LogP contribution in [0.15, 0.2) is 46.0 Å². The Morgan fingerprint density at radius 1 is 1.29 bits per heavy atom. The fourth-order valence-corrected chi connectivity index (χ4v) is 3.41. The number of ether oxygens (including phenoxy) is 1. The second-order valence-corrected chi connectivity index (χ2v) is 6.89. The number of halogens is 1. The van der Waals surface area contributed by atoms with E-state index in [-0.39, 0.29) is 11.7 Å². The number of hydrazone groups is 1. The summed E-state index contributed by atoms with van der Waals surface area (Å²) in [6, 6.07) is 11.4. The van der Waals surface area contributed by atoms with Crippen LogP contribution >= 0.6 is 15.9 Å². The van der Waals surface area contributed by atoms with Crippen LogP contribution in [0.25, 0.3) is 22.1 Å². The van der Waals surface area contributed by atoms with Gasteiger partial charge in [-0.1, -0.05) is 18.2 Å². The van der Waals surface area contributed by atoms with Crippen molar-refractivity contribution in [3.05, 3.63) is 46.4 Å². The van der Waals surface area contributed by atoms with Crippen LogP contribution in [0.3, 0.4) is 0 Å². The molecule has 0 saturated carbocycles. The third-order valence-corrected chi connectivity index (χ3v) is 4.84. The molecule has 0 fully saturated rings. The molecule has 8 nitrogen and oxygen atoms in total. The average Bonchev–Trinajstić information content (AvgIpc) is 2.98. The summed E-state index contributed by atoms with van der Waals surface area (Å²) in [6.45, 7) is 2.30. The summed E-state index contributed by atoms with van der Waals surface area (Å²) in [4.78, 5) is 4.51. The highest BCUT2D eigenvalue weighted by atomic mass is 79.9. The fraction of sp³-hybridized carbons (Fsp3) is 0.158. The Kier molecular flexibility index (Phi) is 4.82. The molecule has 0 radical (unpaired) electrons. The van der Waals surface area contributed by atoms with Crippen LogP contribution in [0.4, 0.5) is 5.95 Å². The van der Waals surface area contributed by atoms with Crippen LogP contribution in [-0.2, 0) is 7.05 Å². The van der Waals surface area contributed by atoms with Gasteiger partial charge in [0, 0.05) is 12.4 Å². The lowest BCUT2D eigenvalue weighted by molar-refractivity contribution is 0.317. The van der Waals surface area contributed by atoms with Crippen LogP contribution < -0.4 is 10.2 Å². The summed E-state index contributed by atoms with van der Waals surface area (Å²) < 4.78 is 7.91. The van der Waals surface area contributed by atoms with Crippen molar-refractivity contribution in [1.29, 1.82) is 0 Å². The minimum atomic E-state index is 0.0562. The number of aromatic hydroxyl groups is 1. The van der Waals surface area contributed by atoms with E-state index in [1.54, 1.807) is 18.3 Å². The van der Waals surface area contributed by atoms with Crippen molar-refractivity contribution in [2.45, 2.75) is 6.92 Å². The monoisotopic (exact) mass is 440 g/mol. The number of hydrogen-bond acceptors (Lipinski definition) is 7. The molecular formula is C19H17BrN6O2. The molecule has 142 valence electrons. The molecule has 0 bridgehead atoms. The smallest absolute Gasteiger partial charge is 0.265 e. The van der Waals surface area contributed by atoms with E-state index in [4.69, 9.17) is 4.74 Å². The number of nitrogens with one attached hydrogen (secondary N) is 1. The fourth-order valence-electron chi connectivity index (χ4n) is 2.95. The SMILES string of the molecule is CCOc1cc(/C=N/Nc2nnc3c4ccccc4n(C)c3n2)cc(Br)c1O. The number of aromatic nitrogens is 4. The quantitative estimate of drug-likeness (QED) is 0.361. The number of para-hydroxylation sites is 1. The van der Waals surface area contributed by atoms with Gasteiger partial charge in [0.25, 0.3) is 5.95 Å². The summed E-state index contributed by atoms with van der Waals surface area (Å²) in [7, 11) is 1.94. The zero-order chi connectivity index (χ0) is 19.7. The predicted molar refractivity (Wildman–Crippen MR) is 112 cm³/mol. The van der Waals surface area contributed by atoms with E-state index < -0.39 is 0 Å². The molecule has 0 aliphatic heterocycles. The highest BCUT2D eigenvalue weighted by Crippen LogP contribution is 2.35. The number of anilines is 1. The van der Waals surface area contributed by atoms with Gasteiger partial charge in [-0.25, -0.2) is 5.43 Å². The van der Waals surface area contributed by atoms with Crippen LogP contribution in [0.5, 0.6) is 11.5 Å². The zero-order valence-electron chi connectivity index (χ0n) is 15.2. The van der Waals surface area contributed by atoms with E-state index in [9.17, 15) is 5.11 Å². The Morgan fingerprint density at radius 3 is 2.93 bits per heavy atom. The van der Waals surface area contributed by atoms with Crippen LogP contribution in [-0.4, -0.2) is 37.7 Å². The lowest BCUT2D eigenvalue weighted by Gasteiger charge is -2.08. The summed E-state index contributed by atoms with van der Waals surface area (Å²) in [5.74, 6) is 0.728. The maximum absolute atomic E-state index is 9.98. The number of aryl methyl sites for hydroxylation is 1. The molecule has 2 heterocycles. The van der Waals surface area contributed by atoms with E-state index in [2.05, 4.69) is 41.6 Å². The average molecular weight is 441 g/mol. The summed E-state index contributed by atoms with van der Waals surface area (Å²) >= 11 is 3.31. The molecular weight excluding hydrogens is 424 g/mol. The number of hydrogen-bond donors (Lipinski definition) is 2. The Bertz CT molecular complexity index is 1200. The molecule has 0 unspecified atom stereocenters. The third kappa shape index (κ3) is 3.24. The largest absolute Gasteiger partial charge is 0.503 e. The molecule has 4 rings (SSSR count). The maximum Gasteiger partial charge on any atom is 0.265 e. The maximum atomic E-state index is 9.98. The minimum Gasteiger partial charge on any atom is -0.503 e. The van der Waals surface area contributed by atoms with E-state index in [0.29, 0.717) is 16.8 Å². The van der Waals surface area contributed by atoms with Gasteiger partial charge in [-0.2, -0.15) is 10.1 Å². The van der Waals surface area contributed by atoms with Gasteiger partial charge in [0.2, 0.25) is 0 Å². The second-order valence-electron chi connectivity index (χ2n) is 6.04. The van der Waals surface area contributed by atoms with Crippen molar-refractivity contribution in [3.63, 3.8) is 0 Å². The van der Waals surface area contributed by atoms with Gasteiger partial charge in [0.05, 0.1) is 22.8 Å². The molecule has 2 N–H and O–H groups in total. The molecule has 0 saturated heterocycles. The van der Waals surface area contributed by atoms with Gasteiger partial charge < -0.3 is 14.4 Å². The van der Waals surface area contributed by atoms with Crippen molar-refractivity contribution >= 4 is 50.2 Å². The van der Waals surface area contributed by atoms with Crippen LogP contribution in [0.1, 0.15) is 12.5 Å². The minimum absolute atomic E-state index is 0.0562. The van der Waals surface area contributed by atoms with Crippen LogP contribution in [0.2, 0.25) is 0 Å². The summed E-state index contributed by atoms with van der Waals surface area (Å²) in [5.41, 5.74) is 6.04. The van der Waals surface area contributed by atoms with E-state index in [1.165, 1.54) is 0 Å². The van der Waals surface area contributed by atoms with Gasteiger partial charge in [-0.15, -0.1) is 10.2 Å². The Labute approximate surface area is 169 Å². The lowest BCUT2D eigenvalue weighted by Crippen LogP contribution is -2.01. The molecule has 0 aliphatic rings. The second kappa shape index (κ2) is 7.43. The van der Waals surface area contributed by atoms with Crippen molar-refractivity contribution in [2.75, 3.05) is 12.0 Å². The molecule has 0 aliphatic carbocycles. The molecule has 0 atom stereocenters. The van der Waals surface area contributed by atoms with Crippen LogP contribution in [0, 0.1) is 0 Å². The van der Waals surface area contributed by atoms with Gasteiger partial charge >= 0.3 is 0 Å². The standard InChI is InChI=1S/C19H17BrN6O2/c1-3-28-15-9-11(8-13(20)17(15)27)10-21-24-19-22-18-16(23-25-19)12-6-4-5-7-14(12)26(18)2/h4-10,27H,3H2,1-2H3,(H,22,24,25)/b21-10+. The van der Waals surface area contributed by atoms with Crippen molar-refractivity contribution < 1.29 is 9.84 Å². The molecule has 0 amide bonds. The Hall–Kier alpha value is -3.20. The first-order valence-corrected chi connectivity index (χ1v) is 9.40. The summed E-state index contributed by atoms with van der Waals surface area (Å²) in [5, 5.41) is 23.6. The molecule has 4 aromatic rings. The van der Waals surface area contributed by atoms with Crippen molar-refractivity contribution in [1.82, 2.24) is 19.7 Å². The van der Waals surface area contributed by atoms with Gasteiger partial charge in [-0.05, 0) is 46.6 Å². The predicted octanol–water partition coefficient (Wildman–Crippen LogP) is 3.83. The molecule has 2 aromatic carbocycles. The zero-order valence-corrected chi connectivity index (χ0v) is 16.8. The highest BCUT2D eigenvalue weighted by molar-refractivity contribution is 9.10. The Morgan fingerprint density at radius 2 is 2.11 bits per heavy atom. The first-order chi connectivity index (χ1) is 13.6. The number of nitrogens with zero attached hydrogens (tertiary/aromatic N) is 5. The van der Waals surface area contributed by atoms with E-state index in [0.717, 1.165) is 27.6 Å². The Balaban J connectivity index is 1.61. The molecule has 28 heavy (non-hydrogen) atoms. The first kappa shape index (κ1) is 18.2. The van der Waals surface area contributed by atoms with Crippen molar-refractivity contribution in [3.8, 4) is 11.5 Å². The lowest BCUT2D eigenvalue weighted by atomic mass is 10.2. The number of phenolic OH excluding ortho intramolecular Hbond substituents is 1. The van der Waals surface area contributed by atoms with Gasteiger partial charge in [0.1, 0.15) is 5.52 Å². The number of fused-ring (bicyclic) bond motifs is 3. The third-order valence-electron chi connectivity index (χ3n) is 4.24. The topological polar surface area (TPSA) is 97.5 Å². The molecule has 2 aromatic heterocycles. The van der Waals surface area contributed by atoms with Gasteiger partial charge in [0.15, 0.2) is 17.1 Å². The first-order valence-electron chi connectivity index (χ1n) is 8.60. The highest BCUT2D eigenvalue weighted by Gasteiger charge is 2.12. The number of benzene rings is 2. The van der Waals surface area contributed by atoms with E-state index >= 15 is 0 Å². The molecule has 9 heteroatoms. The number of rotatable bonds is 5.